The van der Waals surface area contributed by atoms with Crippen LogP contribution in [-0.2, 0) is 9.59 Å². The van der Waals surface area contributed by atoms with E-state index in [2.05, 4.69) is 15.9 Å². The minimum absolute atomic E-state index is 0.0636. The van der Waals surface area contributed by atoms with Crippen molar-refractivity contribution in [2.75, 3.05) is 12.0 Å². The predicted molar refractivity (Wildman–Crippen MR) is 123 cm³/mol. The van der Waals surface area contributed by atoms with E-state index >= 15 is 0 Å². The van der Waals surface area contributed by atoms with Gasteiger partial charge in [-0.1, -0.05) is 52.3 Å². The van der Waals surface area contributed by atoms with E-state index in [9.17, 15) is 14.7 Å². The van der Waals surface area contributed by atoms with Crippen molar-refractivity contribution in [3.8, 4) is 5.75 Å². The van der Waals surface area contributed by atoms with Gasteiger partial charge in [-0.15, -0.1) is 0 Å². The SMILES string of the molecule is COc1ccc(N2C(=O)C(=O)/C(=C(\O)c3ccc(Br)c(C)c3)C2c2ccccc2)cc1. The lowest BCUT2D eigenvalue weighted by Gasteiger charge is -2.25. The van der Waals surface area contributed by atoms with Gasteiger partial charge in [0.1, 0.15) is 11.5 Å². The summed E-state index contributed by atoms with van der Waals surface area (Å²) in [6, 6.07) is 20.7. The summed E-state index contributed by atoms with van der Waals surface area (Å²) in [6.45, 7) is 1.89. The van der Waals surface area contributed by atoms with E-state index in [0.29, 0.717) is 17.0 Å². The van der Waals surface area contributed by atoms with Gasteiger partial charge in [-0.05, 0) is 54.4 Å². The zero-order chi connectivity index (χ0) is 22.1. The summed E-state index contributed by atoms with van der Waals surface area (Å²) < 4.78 is 6.10. The number of aryl methyl sites for hydroxylation is 1. The average molecular weight is 478 g/mol. The lowest BCUT2D eigenvalue weighted by Crippen LogP contribution is -2.29. The standard InChI is InChI=1S/C25H20BrNO4/c1-15-14-17(8-13-20(15)26)23(28)21-22(16-6-4-3-5-7-16)27(25(30)24(21)29)18-9-11-19(31-2)12-10-18/h3-14,22,28H,1-2H3/b23-21-. The molecule has 0 aliphatic carbocycles. The van der Waals surface area contributed by atoms with Crippen LogP contribution in [0.15, 0.2) is 82.8 Å². The van der Waals surface area contributed by atoms with Crippen LogP contribution in [0, 0.1) is 6.92 Å². The molecule has 1 amide bonds. The fraction of sp³-hybridized carbons (Fsp3) is 0.120. The summed E-state index contributed by atoms with van der Waals surface area (Å²) in [5.74, 6) is -0.960. The summed E-state index contributed by atoms with van der Waals surface area (Å²) in [5.41, 5.74) is 2.73. The molecule has 1 unspecified atom stereocenters. The van der Waals surface area contributed by atoms with E-state index in [0.717, 1.165) is 15.6 Å². The van der Waals surface area contributed by atoms with Crippen LogP contribution >= 0.6 is 15.9 Å². The third kappa shape index (κ3) is 3.75. The van der Waals surface area contributed by atoms with Crippen LogP contribution in [0.3, 0.4) is 0 Å². The molecule has 0 bridgehead atoms. The van der Waals surface area contributed by atoms with Gasteiger partial charge in [-0.25, -0.2) is 0 Å². The van der Waals surface area contributed by atoms with Crippen molar-refractivity contribution in [3.05, 3.63) is 99.5 Å². The van der Waals surface area contributed by atoms with Gasteiger partial charge in [0.15, 0.2) is 0 Å². The number of ether oxygens (including phenoxy) is 1. The molecule has 4 rings (SSSR count). The van der Waals surface area contributed by atoms with Crippen LogP contribution in [0.25, 0.3) is 5.76 Å². The molecule has 1 N–H and O–H groups in total. The van der Waals surface area contributed by atoms with Crippen molar-refractivity contribution in [2.24, 2.45) is 0 Å². The second kappa shape index (κ2) is 8.40. The highest BCUT2D eigenvalue weighted by atomic mass is 79.9. The summed E-state index contributed by atoms with van der Waals surface area (Å²) in [7, 11) is 1.56. The molecule has 1 atom stereocenters. The number of aliphatic hydroxyl groups is 1. The topological polar surface area (TPSA) is 66.8 Å². The van der Waals surface area contributed by atoms with Crippen LogP contribution < -0.4 is 9.64 Å². The molecule has 0 spiro atoms. The highest BCUT2D eigenvalue weighted by molar-refractivity contribution is 9.10. The number of Topliss-reactive ketones (excluding diaryl/α,β-unsaturated/α-hetero) is 1. The molecule has 5 nitrogen and oxygen atoms in total. The quantitative estimate of drug-likeness (QED) is 0.310. The maximum atomic E-state index is 13.1. The Bertz CT molecular complexity index is 1190. The Morgan fingerprint density at radius 3 is 2.29 bits per heavy atom. The molecule has 1 saturated heterocycles. The minimum Gasteiger partial charge on any atom is -0.507 e. The van der Waals surface area contributed by atoms with Crippen molar-refractivity contribution in [3.63, 3.8) is 0 Å². The first-order valence-corrected chi connectivity index (χ1v) is 10.5. The van der Waals surface area contributed by atoms with E-state index in [1.54, 1.807) is 43.5 Å². The number of aliphatic hydroxyl groups excluding tert-OH is 1. The molecular formula is C25H20BrNO4. The third-order valence-corrected chi connectivity index (χ3v) is 6.23. The van der Waals surface area contributed by atoms with Gasteiger partial charge in [-0.3, -0.25) is 14.5 Å². The molecule has 156 valence electrons. The van der Waals surface area contributed by atoms with Crippen molar-refractivity contribution in [2.45, 2.75) is 13.0 Å². The number of carbonyl (C=O) groups is 2. The molecule has 1 heterocycles. The van der Waals surface area contributed by atoms with Gasteiger partial charge < -0.3 is 9.84 Å². The molecule has 0 aromatic heterocycles. The Kier molecular flexibility index (Phi) is 5.65. The predicted octanol–water partition coefficient (Wildman–Crippen LogP) is 5.39. The number of carbonyl (C=O) groups excluding carboxylic acids is 2. The first-order chi connectivity index (χ1) is 14.9. The average Bonchev–Trinajstić information content (AvgIpc) is 3.06. The van der Waals surface area contributed by atoms with Crippen LogP contribution in [0.5, 0.6) is 5.75 Å². The van der Waals surface area contributed by atoms with Crippen LogP contribution in [-0.4, -0.2) is 23.9 Å². The van der Waals surface area contributed by atoms with Gasteiger partial charge in [0, 0.05) is 15.7 Å². The monoisotopic (exact) mass is 477 g/mol. The Morgan fingerprint density at radius 1 is 1.00 bits per heavy atom. The second-order valence-corrected chi connectivity index (χ2v) is 8.10. The van der Waals surface area contributed by atoms with E-state index in [-0.39, 0.29) is 11.3 Å². The highest BCUT2D eigenvalue weighted by Gasteiger charge is 2.46. The number of anilines is 1. The van der Waals surface area contributed by atoms with Crippen molar-refractivity contribution in [1.82, 2.24) is 0 Å². The third-order valence-electron chi connectivity index (χ3n) is 5.34. The first kappa shape index (κ1) is 20.9. The molecular weight excluding hydrogens is 458 g/mol. The number of methoxy groups -OCH3 is 1. The van der Waals surface area contributed by atoms with E-state index in [4.69, 9.17) is 4.74 Å². The molecule has 1 aliphatic heterocycles. The molecule has 6 heteroatoms. The maximum absolute atomic E-state index is 13.1. The number of nitrogens with zero attached hydrogens (tertiary/aromatic N) is 1. The van der Waals surface area contributed by atoms with E-state index in [1.165, 1.54) is 4.90 Å². The molecule has 1 fully saturated rings. The normalized spacial score (nSPS) is 17.8. The number of hydrogen-bond donors (Lipinski definition) is 1. The van der Waals surface area contributed by atoms with Gasteiger partial charge in [0.05, 0.1) is 18.7 Å². The Labute approximate surface area is 188 Å². The lowest BCUT2D eigenvalue weighted by molar-refractivity contribution is -0.132. The molecule has 0 saturated carbocycles. The maximum Gasteiger partial charge on any atom is 0.300 e. The van der Waals surface area contributed by atoms with Crippen LogP contribution in [0.4, 0.5) is 5.69 Å². The number of benzene rings is 3. The van der Waals surface area contributed by atoms with Gasteiger partial charge in [0.25, 0.3) is 11.7 Å². The smallest absolute Gasteiger partial charge is 0.300 e. The zero-order valence-corrected chi connectivity index (χ0v) is 18.6. The minimum atomic E-state index is -0.751. The summed E-state index contributed by atoms with van der Waals surface area (Å²) in [5, 5.41) is 11.1. The Hall–Kier alpha value is -3.38. The number of halogens is 1. The van der Waals surface area contributed by atoms with Crippen molar-refractivity contribution < 1.29 is 19.4 Å². The summed E-state index contributed by atoms with van der Waals surface area (Å²) >= 11 is 3.45. The second-order valence-electron chi connectivity index (χ2n) is 7.24. The van der Waals surface area contributed by atoms with Crippen molar-refractivity contribution >= 4 is 39.1 Å². The number of amides is 1. The van der Waals surface area contributed by atoms with Crippen LogP contribution in [0.2, 0.25) is 0 Å². The lowest BCUT2D eigenvalue weighted by atomic mass is 9.95. The largest absolute Gasteiger partial charge is 0.507 e. The summed E-state index contributed by atoms with van der Waals surface area (Å²) in [6.07, 6.45) is 0. The fourth-order valence-corrected chi connectivity index (χ4v) is 3.99. The van der Waals surface area contributed by atoms with Gasteiger partial charge in [0.2, 0.25) is 0 Å². The molecule has 0 radical (unpaired) electrons. The molecule has 3 aromatic rings. The molecule has 3 aromatic carbocycles. The Balaban J connectivity index is 1.92. The Morgan fingerprint density at radius 2 is 1.68 bits per heavy atom. The zero-order valence-electron chi connectivity index (χ0n) is 17.0. The van der Waals surface area contributed by atoms with E-state index in [1.807, 2.05) is 43.3 Å². The van der Waals surface area contributed by atoms with Crippen molar-refractivity contribution in [1.29, 1.82) is 0 Å². The number of rotatable bonds is 4. The summed E-state index contributed by atoms with van der Waals surface area (Å²) in [4.78, 5) is 27.6. The highest BCUT2D eigenvalue weighted by Crippen LogP contribution is 2.42. The molecule has 31 heavy (non-hydrogen) atoms. The fourth-order valence-electron chi connectivity index (χ4n) is 3.74. The molecule has 1 aliphatic rings. The van der Waals surface area contributed by atoms with Gasteiger partial charge >= 0.3 is 0 Å². The van der Waals surface area contributed by atoms with E-state index < -0.39 is 17.7 Å². The van der Waals surface area contributed by atoms with Gasteiger partial charge in [-0.2, -0.15) is 0 Å². The van der Waals surface area contributed by atoms with Crippen LogP contribution in [0.1, 0.15) is 22.7 Å². The number of hydrogen-bond acceptors (Lipinski definition) is 4. The first-order valence-electron chi connectivity index (χ1n) is 9.69. The number of ketones is 1.